The summed E-state index contributed by atoms with van der Waals surface area (Å²) < 4.78 is 29.3. The van der Waals surface area contributed by atoms with E-state index in [1.165, 1.54) is 4.31 Å². The second kappa shape index (κ2) is 12.5. The summed E-state index contributed by atoms with van der Waals surface area (Å²) >= 11 is 0. The zero-order valence-corrected chi connectivity index (χ0v) is 23.9. The van der Waals surface area contributed by atoms with E-state index in [4.69, 9.17) is 16.9 Å². The van der Waals surface area contributed by atoms with Crippen LogP contribution >= 0.6 is 0 Å². The maximum Gasteiger partial charge on any atom is 0.421 e. The second-order valence-electron chi connectivity index (χ2n) is 11.1. The number of likely N-dealkylation sites (tertiary alicyclic amines) is 2. The third-order valence-electron chi connectivity index (χ3n) is 8.52. The molecule has 4 rings (SSSR count). The summed E-state index contributed by atoms with van der Waals surface area (Å²) in [5.74, 6) is -0.755. The molecule has 10 nitrogen and oxygen atoms in total. The third-order valence-corrected chi connectivity index (χ3v) is 10.3. The number of primary amides is 1. The molecule has 0 aliphatic carbocycles. The van der Waals surface area contributed by atoms with Crippen molar-refractivity contribution in [3.8, 4) is 0 Å². The number of benzene rings is 2. The molecule has 3 atom stereocenters. The number of amides is 3. The number of nitrogens with one attached hydrogen (secondary N) is 1. The number of nitrogens with two attached hydrogens (primary N) is 2. The van der Waals surface area contributed by atoms with Crippen LogP contribution in [0.15, 0.2) is 60.7 Å². The minimum atomic E-state index is -4.00. The van der Waals surface area contributed by atoms with Crippen LogP contribution in [0.3, 0.4) is 0 Å². The smallest absolute Gasteiger partial charge is 0.370 e. The molecule has 2 saturated heterocycles. The van der Waals surface area contributed by atoms with Crippen molar-refractivity contribution in [3.63, 3.8) is 0 Å². The Bertz CT molecular complexity index is 1300. The van der Waals surface area contributed by atoms with Crippen LogP contribution in [-0.4, -0.2) is 78.3 Å². The Balaban J connectivity index is 1.76. The molecular formula is C29H41N6O4S+. The van der Waals surface area contributed by atoms with Crippen LogP contribution in [0, 0.1) is 11.3 Å². The molecule has 0 radical (unpaired) electrons. The standard InChI is InChI=1S/C29H40N6O4S/c1-22-9-8-18-35(22,29(32)37)27(36)26(19-23-10-4-2-5-11-23)34(20-24-14-16-33(17-15-24)28(30)31)40(38,39)21-25-12-6-3-7-13-25/h2-7,10-13,22,24,26H,8-9,14-21H2,1H3,(H4-,30,31,32,37)/p+1/t22-,26-,35?/m1/s1. The minimum Gasteiger partial charge on any atom is -0.370 e. The monoisotopic (exact) mass is 569 g/mol. The number of nitrogens with zero attached hydrogens (tertiary/aromatic N) is 3. The molecule has 11 heteroatoms. The summed E-state index contributed by atoms with van der Waals surface area (Å²) in [6, 6.07) is 16.1. The molecule has 2 aliphatic rings. The normalized spacial score (nSPS) is 22.8. The van der Waals surface area contributed by atoms with Crippen LogP contribution in [-0.2, 0) is 27.0 Å². The van der Waals surface area contributed by atoms with Gasteiger partial charge in [-0.1, -0.05) is 60.7 Å². The van der Waals surface area contributed by atoms with Gasteiger partial charge in [-0.15, -0.1) is 0 Å². The van der Waals surface area contributed by atoms with Crippen LogP contribution in [0.2, 0.25) is 0 Å². The fourth-order valence-corrected chi connectivity index (χ4v) is 7.94. The van der Waals surface area contributed by atoms with E-state index in [-0.39, 0.29) is 43.2 Å². The number of imide groups is 1. The van der Waals surface area contributed by atoms with Gasteiger partial charge in [-0.25, -0.2) is 18.0 Å². The zero-order chi connectivity index (χ0) is 28.9. The third kappa shape index (κ3) is 6.37. The number of carbonyl (C=O) groups is 2. The van der Waals surface area contributed by atoms with Crippen LogP contribution in [0.1, 0.15) is 43.7 Å². The molecular weight excluding hydrogens is 528 g/mol. The largest absolute Gasteiger partial charge is 0.421 e. The van der Waals surface area contributed by atoms with E-state index in [0.717, 1.165) is 5.56 Å². The van der Waals surface area contributed by atoms with Crippen LogP contribution in [0.25, 0.3) is 0 Å². The highest BCUT2D eigenvalue weighted by Gasteiger charge is 2.56. The van der Waals surface area contributed by atoms with Gasteiger partial charge in [0.15, 0.2) is 5.96 Å². The molecule has 0 spiro atoms. The number of piperidine rings is 1. The fourth-order valence-electron chi connectivity index (χ4n) is 6.17. The Morgan fingerprint density at radius 1 is 1.00 bits per heavy atom. The Hall–Kier alpha value is -3.28. The number of quaternary nitrogens is 1. The van der Waals surface area contributed by atoms with Crippen molar-refractivity contribution in [1.29, 1.82) is 5.41 Å². The number of sulfonamides is 1. The summed E-state index contributed by atoms with van der Waals surface area (Å²) in [5.41, 5.74) is 13.0. The average molecular weight is 570 g/mol. The highest BCUT2D eigenvalue weighted by atomic mass is 32.2. The molecule has 216 valence electrons. The molecule has 5 N–H and O–H groups in total. The van der Waals surface area contributed by atoms with Gasteiger partial charge in [0.25, 0.3) is 0 Å². The fraction of sp³-hybridized carbons (Fsp3) is 0.483. The lowest BCUT2D eigenvalue weighted by atomic mass is 9.95. The Labute approximate surface area is 237 Å². The van der Waals surface area contributed by atoms with E-state index in [1.54, 1.807) is 29.2 Å². The molecule has 3 amide bonds. The van der Waals surface area contributed by atoms with E-state index >= 15 is 0 Å². The van der Waals surface area contributed by atoms with Crippen molar-refractivity contribution >= 4 is 27.9 Å². The van der Waals surface area contributed by atoms with Crippen molar-refractivity contribution in [3.05, 3.63) is 71.8 Å². The van der Waals surface area contributed by atoms with E-state index in [9.17, 15) is 18.0 Å². The van der Waals surface area contributed by atoms with Crippen molar-refractivity contribution in [2.45, 2.75) is 56.9 Å². The first-order valence-corrected chi connectivity index (χ1v) is 15.5. The van der Waals surface area contributed by atoms with Crippen LogP contribution in [0.5, 0.6) is 0 Å². The van der Waals surface area contributed by atoms with Gasteiger partial charge in [0.05, 0.1) is 12.3 Å². The first-order chi connectivity index (χ1) is 19.0. The predicted molar refractivity (Wildman–Crippen MR) is 154 cm³/mol. The second-order valence-corrected chi connectivity index (χ2v) is 13.0. The highest BCUT2D eigenvalue weighted by molar-refractivity contribution is 7.88. The Kier molecular flexibility index (Phi) is 9.27. The van der Waals surface area contributed by atoms with Gasteiger partial charge in [0.1, 0.15) is 12.1 Å². The van der Waals surface area contributed by atoms with Gasteiger partial charge >= 0.3 is 11.9 Å². The van der Waals surface area contributed by atoms with Gasteiger partial charge in [0, 0.05) is 38.9 Å². The van der Waals surface area contributed by atoms with Gasteiger partial charge in [-0.05, 0) is 36.8 Å². The summed E-state index contributed by atoms with van der Waals surface area (Å²) in [7, 11) is -4.00. The topological polar surface area (TPSA) is 151 Å². The average Bonchev–Trinajstić information content (AvgIpc) is 3.33. The number of rotatable bonds is 9. The molecule has 1 unspecified atom stereocenters. The van der Waals surface area contributed by atoms with E-state index in [0.29, 0.717) is 44.3 Å². The van der Waals surface area contributed by atoms with Gasteiger partial charge in [-0.2, -0.15) is 8.79 Å². The molecule has 2 aromatic rings. The number of guanidine groups is 1. The van der Waals surface area contributed by atoms with E-state index in [2.05, 4.69) is 0 Å². The first kappa shape index (κ1) is 29.7. The summed E-state index contributed by atoms with van der Waals surface area (Å²) in [5, 5.41) is 7.75. The lowest BCUT2D eigenvalue weighted by Gasteiger charge is -2.40. The van der Waals surface area contributed by atoms with Crippen molar-refractivity contribution < 1.29 is 22.5 Å². The van der Waals surface area contributed by atoms with Gasteiger partial charge in [-0.3, -0.25) is 5.41 Å². The van der Waals surface area contributed by atoms with Crippen molar-refractivity contribution in [2.24, 2.45) is 17.4 Å². The Morgan fingerprint density at radius 3 is 2.08 bits per heavy atom. The van der Waals surface area contributed by atoms with Gasteiger partial charge in [0.2, 0.25) is 10.0 Å². The highest BCUT2D eigenvalue weighted by Crippen LogP contribution is 2.32. The van der Waals surface area contributed by atoms with Crippen LogP contribution < -0.4 is 11.5 Å². The summed E-state index contributed by atoms with van der Waals surface area (Å²) in [6.07, 6.45) is 2.73. The van der Waals surface area contributed by atoms with Crippen LogP contribution in [0.4, 0.5) is 4.79 Å². The quantitative estimate of drug-likeness (QED) is 0.240. The lowest BCUT2D eigenvalue weighted by molar-refractivity contribution is -0.784. The molecule has 40 heavy (non-hydrogen) atoms. The predicted octanol–water partition coefficient (Wildman–Crippen LogP) is 2.64. The van der Waals surface area contributed by atoms with Crippen molar-refractivity contribution in [2.75, 3.05) is 26.2 Å². The van der Waals surface area contributed by atoms with E-state index < -0.39 is 32.5 Å². The molecule has 2 aromatic carbocycles. The summed E-state index contributed by atoms with van der Waals surface area (Å²) in [6.45, 7) is 3.33. The maximum atomic E-state index is 14.6. The molecule has 0 aromatic heterocycles. The summed E-state index contributed by atoms with van der Waals surface area (Å²) in [4.78, 5) is 29.3. The number of hydrogen-bond acceptors (Lipinski definition) is 5. The molecule has 2 heterocycles. The number of hydrogen-bond donors (Lipinski definition) is 3. The SMILES string of the molecule is C[C@@H]1CCC[N+]1(C(N)=O)C(=O)[C@@H](Cc1ccccc1)N(CC1CCN(C(=N)N)CC1)S(=O)(=O)Cc1ccccc1. The van der Waals surface area contributed by atoms with Crippen molar-refractivity contribution in [1.82, 2.24) is 9.21 Å². The number of urea groups is 1. The maximum absolute atomic E-state index is 14.6. The molecule has 0 saturated carbocycles. The van der Waals surface area contributed by atoms with Gasteiger partial charge < -0.3 is 16.4 Å². The molecule has 2 aliphatic heterocycles. The number of carbonyl (C=O) groups excluding carboxylic acids is 2. The Morgan fingerprint density at radius 2 is 1.57 bits per heavy atom. The van der Waals surface area contributed by atoms with E-state index in [1.807, 2.05) is 43.3 Å². The molecule has 0 bridgehead atoms. The molecule has 2 fully saturated rings. The zero-order valence-electron chi connectivity index (χ0n) is 23.1. The lowest BCUT2D eigenvalue weighted by Crippen LogP contribution is -2.67. The first-order valence-electron chi connectivity index (χ1n) is 13.9. The minimum absolute atomic E-state index is 0.0000539.